The van der Waals surface area contributed by atoms with E-state index in [-0.39, 0.29) is 18.0 Å². The molecule has 23 heavy (non-hydrogen) atoms. The molecule has 1 aromatic carbocycles. The van der Waals surface area contributed by atoms with Gasteiger partial charge < -0.3 is 20.7 Å². The second kappa shape index (κ2) is 6.50. The number of aromatic nitrogens is 1. The molecule has 122 valence electrons. The molecule has 1 heterocycles. The lowest BCUT2D eigenvalue weighted by molar-refractivity contribution is 0.0908. The molecule has 1 aromatic heterocycles. The van der Waals surface area contributed by atoms with Gasteiger partial charge in [-0.3, -0.25) is 4.79 Å². The fraction of sp³-hybridized carbons (Fsp3) is 0.375. The number of H-pyrrole nitrogens is 1. The molecule has 3 rings (SSSR count). The summed E-state index contributed by atoms with van der Waals surface area (Å²) in [5.74, 6) is -0.235. The second-order valence-electron chi connectivity index (χ2n) is 5.83. The van der Waals surface area contributed by atoms with E-state index in [1.54, 1.807) is 18.2 Å². The van der Waals surface area contributed by atoms with E-state index >= 15 is 0 Å². The first-order chi connectivity index (χ1) is 11.0. The summed E-state index contributed by atoms with van der Waals surface area (Å²) < 4.78 is 0. The minimum absolute atomic E-state index is 0.192. The van der Waals surface area contributed by atoms with Crippen LogP contribution >= 0.6 is 11.6 Å². The summed E-state index contributed by atoms with van der Waals surface area (Å²) in [5.41, 5.74) is 1.28. The second-order valence-corrected chi connectivity index (χ2v) is 6.27. The molecule has 6 nitrogen and oxygen atoms in total. The van der Waals surface area contributed by atoms with Crippen molar-refractivity contribution in [1.82, 2.24) is 15.6 Å². The van der Waals surface area contributed by atoms with Crippen molar-refractivity contribution in [3.63, 3.8) is 0 Å². The smallest absolute Gasteiger partial charge is 0.404 e. The van der Waals surface area contributed by atoms with Crippen LogP contribution in [-0.2, 0) is 0 Å². The normalized spacial score (nSPS) is 21.1. The number of hydrogen-bond acceptors (Lipinski definition) is 2. The fourth-order valence-electron chi connectivity index (χ4n) is 3.11. The number of carbonyl (C=O) groups excluding carboxylic acids is 1. The highest BCUT2D eigenvalue weighted by molar-refractivity contribution is 6.31. The van der Waals surface area contributed by atoms with Crippen LogP contribution in [-0.4, -0.2) is 34.2 Å². The number of halogens is 1. The van der Waals surface area contributed by atoms with Crippen molar-refractivity contribution < 1.29 is 14.7 Å². The maximum absolute atomic E-state index is 12.4. The summed E-state index contributed by atoms with van der Waals surface area (Å²) in [4.78, 5) is 26.4. The monoisotopic (exact) mass is 335 g/mol. The zero-order chi connectivity index (χ0) is 16.4. The van der Waals surface area contributed by atoms with Crippen LogP contribution in [0.15, 0.2) is 24.3 Å². The molecule has 4 N–H and O–H groups in total. The van der Waals surface area contributed by atoms with E-state index < -0.39 is 6.09 Å². The predicted octanol–water partition coefficient (Wildman–Crippen LogP) is 3.13. The molecule has 2 aromatic rings. The first kappa shape index (κ1) is 15.7. The van der Waals surface area contributed by atoms with E-state index in [0.717, 1.165) is 36.6 Å². The van der Waals surface area contributed by atoms with E-state index in [0.29, 0.717) is 10.7 Å². The van der Waals surface area contributed by atoms with Crippen molar-refractivity contribution >= 4 is 34.5 Å². The summed E-state index contributed by atoms with van der Waals surface area (Å²) in [6.07, 6.45) is 2.38. The van der Waals surface area contributed by atoms with E-state index in [4.69, 9.17) is 16.7 Å². The van der Waals surface area contributed by atoms with Gasteiger partial charge in [0.2, 0.25) is 0 Å². The Morgan fingerprint density at radius 3 is 2.52 bits per heavy atom. The maximum atomic E-state index is 12.4. The molecule has 7 heteroatoms. The molecular weight excluding hydrogens is 318 g/mol. The van der Waals surface area contributed by atoms with Crippen LogP contribution in [0.2, 0.25) is 5.02 Å². The van der Waals surface area contributed by atoms with Crippen LogP contribution < -0.4 is 10.6 Å². The molecule has 1 aliphatic rings. The SMILES string of the molecule is O=C(O)N[C@@H]1CCCC[C@H]1NC(=O)c1cc2cc(Cl)ccc2[nH]1. The fourth-order valence-corrected chi connectivity index (χ4v) is 3.29. The average Bonchev–Trinajstić information content (AvgIpc) is 2.92. The predicted molar refractivity (Wildman–Crippen MR) is 88.0 cm³/mol. The number of nitrogens with one attached hydrogen (secondary N) is 3. The number of amides is 2. The Bertz CT molecular complexity index is 743. The summed E-state index contributed by atoms with van der Waals surface area (Å²) in [6.45, 7) is 0. The van der Waals surface area contributed by atoms with E-state index in [2.05, 4.69) is 15.6 Å². The molecule has 0 spiro atoms. The highest BCUT2D eigenvalue weighted by Crippen LogP contribution is 2.22. The molecule has 2 amide bonds. The number of rotatable bonds is 3. The van der Waals surface area contributed by atoms with Gasteiger partial charge in [-0.15, -0.1) is 0 Å². The number of carboxylic acid groups (broad SMARTS) is 1. The van der Waals surface area contributed by atoms with Gasteiger partial charge in [0.1, 0.15) is 5.69 Å². The van der Waals surface area contributed by atoms with Crippen molar-refractivity contribution in [2.24, 2.45) is 0 Å². The van der Waals surface area contributed by atoms with Gasteiger partial charge in [-0.1, -0.05) is 24.4 Å². The molecule has 2 atom stereocenters. The molecular formula is C16H18ClN3O3. The molecule has 0 radical (unpaired) electrons. The average molecular weight is 336 g/mol. The maximum Gasteiger partial charge on any atom is 0.404 e. The van der Waals surface area contributed by atoms with Crippen molar-refractivity contribution in [2.75, 3.05) is 0 Å². The zero-order valence-corrected chi connectivity index (χ0v) is 13.2. The molecule has 1 aliphatic carbocycles. The molecule has 0 bridgehead atoms. The molecule has 0 aliphatic heterocycles. The quantitative estimate of drug-likeness (QED) is 0.694. The minimum Gasteiger partial charge on any atom is -0.465 e. The van der Waals surface area contributed by atoms with Crippen LogP contribution in [0.4, 0.5) is 4.79 Å². The van der Waals surface area contributed by atoms with E-state index in [1.165, 1.54) is 0 Å². The number of carbonyl (C=O) groups is 2. The van der Waals surface area contributed by atoms with Gasteiger partial charge in [0, 0.05) is 22.0 Å². The summed E-state index contributed by atoms with van der Waals surface area (Å²) in [7, 11) is 0. The first-order valence-corrected chi connectivity index (χ1v) is 7.99. The van der Waals surface area contributed by atoms with Crippen molar-refractivity contribution in [3.05, 3.63) is 35.0 Å². The van der Waals surface area contributed by atoms with Gasteiger partial charge in [0.25, 0.3) is 5.91 Å². The zero-order valence-electron chi connectivity index (χ0n) is 12.4. The summed E-state index contributed by atoms with van der Waals surface area (Å²) in [6, 6.07) is 6.68. The third-order valence-electron chi connectivity index (χ3n) is 4.22. The molecule has 0 saturated heterocycles. The topological polar surface area (TPSA) is 94.2 Å². The molecule has 1 saturated carbocycles. The Kier molecular flexibility index (Phi) is 4.43. The lowest BCUT2D eigenvalue weighted by Crippen LogP contribution is -2.52. The highest BCUT2D eigenvalue weighted by atomic mass is 35.5. The van der Waals surface area contributed by atoms with Crippen LogP contribution in [0, 0.1) is 0 Å². The van der Waals surface area contributed by atoms with Crippen LogP contribution in [0.5, 0.6) is 0 Å². The number of hydrogen-bond donors (Lipinski definition) is 4. The Morgan fingerprint density at radius 1 is 1.13 bits per heavy atom. The lowest BCUT2D eigenvalue weighted by atomic mass is 9.90. The van der Waals surface area contributed by atoms with Gasteiger partial charge >= 0.3 is 6.09 Å². The minimum atomic E-state index is -1.06. The standard InChI is InChI=1S/C16H18ClN3O3/c17-10-5-6-11-9(7-10)8-14(18-11)15(21)19-12-3-1-2-4-13(12)20-16(22)23/h5-8,12-13,18,20H,1-4H2,(H,19,21)(H,22,23)/t12-,13-/m1/s1. The Hall–Kier alpha value is -2.21. The van der Waals surface area contributed by atoms with Crippen LogP contribution in [0.1, 0.15) is 36.2 Å². The molecule has 1 fully saturated rings. The lowest BCUT2D eigenvalue weighted by Gasteiger charge is -2.31. The van der Waals surface area contributed by atoms with Gasteiger partial charge in [0.05, 0.1) is 6.04 Å². The van der Waals surface area contributed by atoms with Gasteiger partial charge in [0.15, 0.2) is 0 Å². The Morgan fingerprint density at radius 2 is 1.83 bits per heavy atom. The third kappa shape index (κ3) is 3.59. The van der Waals surface area contributed by atoms with Gasteiger partial charge in [-0.05, 0) is 37.1 Å². The number of benzene rings is 1. The van der Waals surface area contributed by atoms with Crippen molar-refractivity contribution in [3.8, 4) is 0 Å². The molecule has 0 unspecified atom stereocenters. The van der Waals surface area contributed by atoms with Gasteiger partial charge in [-0.2, -0.15) is 0 Å². The van der Waals surface area contributed by atoms with E-state index in [1.807, 2.05) is 6.07 Å². The van der Waals surface area contributed by atoms with E-state index in [9.17, 15) is 9.59 Å². The summed E-state index contributed by atoms with van der Waals surface area (Å²) >= 11 is 5.95. The highest BCUT2D eigenvalue weighted by Gasteiger charge is 2.28. The Balaban J connectivity index is 1.74. The largest absolute Gasteiger partial charge is 0.465 e. The van der Waals surface area contributed by atoms with Crippen molar-refractivity contribution in [2.45, 2.75) is 37.8 Å². The van der Waals surface area contributed by atoms with Gasteiger partial charge in [-0.25, -0.2) is 4.79 Å². The Labute approximate surface area is 138 Å². The number of fused-ring (bicyclic) bond motifs is 1. The summed E-state index contributed by atoms with van der Waals surface area (Å²) in [5, 5.41) is 15.8. The van der Waals surface area contributed by atoms with Crippen LogP contribution in [0.3, 0.4) is 0 Å². The van der Waals surface area contributed by atoms with Crippen molar-refractivity contribution in [1.29, 1.82) is 0 Å². The third-order valence-corrected chi connectivity index (χ3v) is 4.45. The first-order valence-electron chi connectivity index (χ1n) is 7.61. The van der Waals surface area contributed by atoms with Crippen LogP contribution in [0.25, 0.3) is 10.9 Å². The number of aromatic amines is 1.